The van der Waals surface area contributed by atoms with Crippen LogP contribution in [-0.4, -0.2) is 68.1 Å². The fourth-order valence-corrected chi connectivity index (χ4v) is 2.53. The number of rotatable bonds is 10. The Morgan fingerprint density at radius 3 is 2.14 bits per heavy atom. The van der Waals surface area contributed by atoms with Gasteiger partial charge in [-0.05, 0) is 24.6 Å². The Balaban J connectivity index is 3.05. The van der Waals surface area contributed by atoms with Crippen molar-refractivity contribution in [1.82, 2.24) is 4.90 Å². The molecular weight excluding hydrogens is 376 g/mol. The van der Waals surface area contributed by atoms with Gasteiger partial charge in [0, 0.05) is 20.3 Å². The number of hydrogen-bond donors (Lipinski definition) is 2. The second kappa shape index (κ2) is 10.9. The lowest BCUT2D eigenvalue weighted by Crippen LogP contribution is -2.57. The molecule has 2 amide bonds. The van der Waals surface area contributed by atoms with E-state index in [1.165, 1.54) is 21.1 Å². The molecule has 4 N–H and O–H groups in total. The van der Waals surface area contributed by atoms with Crippen LogP contribution >= 0.6 is 0 Å². The van der Waals surface area contributed by atoms with E-state index in [1.807, 2.05) is 0 Å². The first-order valence-electron chi connectivity index (χ1n) is 8.48. The van der Waals surface area contributed by atoms with E-state index in [4.69, 9.17) is 20.9 Å². The Bertz CT molecular complexity index is 694. The zero-order valence-electron chi connectivity index (χ0n) is 16.0. The standard InChI is InChI=1S/C18H25F2N3O5/c1-10(21)16(25)17(28-3)15(22)18(26)23(4-5-27-2)14(24)8-11-6-12(19)9-13(20)7-11/h6-7,9-10,15,17H,4-5,8,21-22H2,1-3H3/t10-,15?,17?/m1/s1. The van der Waals surface area contributed by atoms with Gasteiger partial charge in [-0.3, -0.25) is 19.3 Å². The van der Waals surface area contributed by atoms with Crippen molar-refractivity contribution in [1.29, 1.82) is 0 Å². The molecule has 0 spiro atoms. The number of hydrogen-bond acceptors (Lipinski definition) is 7. The zero-order valence-corrected chi connectivity index (χ0v) is 16.0. The highest BCUT2D eigenvalue weighted by Gasteiger charge is 2.36. The second-order valence-corrected chi connectivity index (χ2v) is 6.20. The number of amides is 2. The molecule has 0 aliphatic heterocycles. The number of carbonyl (C=O) groups is 3. The number of nitrogens with zero attached hydrogens (tertiary/aromatic N) is 1. The van der Waals surface area contributed by atoms with E-state index in [0.29, 0.717) is 6.07 Å². The van der Waals surface area contributed by atoms with Crippen molar-refractivity contribution in [3.8, 4) is 0 Å². The Hall–Kier alpha value is -2.27. The van der Waals surface area contributed by atoms with Gasteiger partial charge in [0.1, 0.15) is 23.8 Å². The summed E-state index contributed by atoms with van der Waals surface area (Å²) < 4.78 is 36.6. The van der Waals surface area contributed by atoms with Crippen molar-refractivity contribution in [3.63, 3.8) is 0 Å². The summed E-state index contributed by atoms with van der Waals surface area (Å²) in [6, 6.07) is 0.214. The molecule has 3 atom stereocenters. The van der Waals surface area contributed by atoms with E-state index in [9.17, 15) is 23.2 Å². The van der Waals surface area contributed by atoms with Gasteiger partial charge in [0.25, 0.3) is 0 Å². The molecule has 0 radical (unpaired) electrons. The molecule has 156 valence electrons. The lowest BCUT2D eigenvalue weighted by atomic mass is 10.0. The van der Waals surface area contributed by atoms with Crippen molar-refractivity contribution in [2.45, 2.75) is 31.5 Å². The largest absolute Gasteiger partial charge is 0.383 e. The summed E-state index contributed by atoms with van der Waals surface area (Å²) in [7, 11) is 2.56. The lowest BCUT2D eigenvalue weighted by Gasteiger charge is -2.28. The minimum absolute atomic E-state index is 0.000594. The van der Waals surface area contributed by atoms with Crippen molar-refractivity contribution >= 4 is 17.6 Å². The van der Waals surface area contributed by atoms with E-state index in [-0.39, 0.29) is 18.7 Å². The maximum atomic E-state index is 13.3. The first-order chi connectivity index (χ1) is 13.1. The van der Waals surface area contributed by atoms with E-state index in [1.54, 1.807) is 0 Å². The predicted octanol–water partition coefficient (Wildman–Crippen LogP) is -0.232. The third-order valence-corrected chi connectivity index (χ3v) is 3.96. The van der Waals surface area contributed by atoms with Gasteiger partial charge in [-0.1, -0.05) is 0 Å². The highest BCUT2D eigenvalue weighted by Crippen LogP contribution is 2.12. The smallest absolute Gasteiger partial charge is 0.249 e. The van der Waals surface area contributed by atoms with Gasteiger partial charge in [-0.2, -0.15) is 0 Å². The van der Waals surface area contributed by atoms with Crippen LogP contribution < -0.4 is 11.5 Å². The molecular formula is C18H25F2N3O5. The maximum Gasteiger partial charge on any atom is 0.249 e. The summed E-state index contributed by atoms with van der Waals surface area (Å²) in [5, 5.41) is 0. The highest BCUT2D eigenvalue weighted by molar-refractivity contribution is 6.02. The summed E-state index contributed by atoms with van der Waals surface area (Å²) in [5.41, 5.74) is 11.4. The molecule has 2 unspecified atom stereocenters. The van der Waals surface area contributed by atoms with Crippen LogP contribution in [0.4, 0.5) is 8.78 Å². The summed E-state index contributed by atoms with van der Waals surface area (Å²) in [6.07, 6.45) is -1.80. The third-order valence-electron chi connectivity index (χ3n) is 3.96. The van der Waals surface area contributed by atoms with Gasteiger partial charge in [0.05, 0.1) is 25.6 Å². The number of Topliss-reactive ketones (excluding diaryl/α,β-unsaturated/α-hetero) is 1. The van der Waals surface area contributed by atoms with Crippen LogP contribution in [0.3, 0.4) is 0 Å². The average molecular weight is 401 g/mol. The minimum Gasteiger partial charge on any atom is -0.383 e. The molecule has 1 aromatic carbocycles. The van der Waals surface area contributed by atoms with Crippen molar-refractivity contribution in [2.75, 3.05) is 27.4 Å². The van der Waals surface area contributed by atoms with Crippen LogP contribution in [0.25, 0.3) is 0 Å². The topological polar surface area (TPSA) is 125 Å². The Morgan fingerprint density at radius 2 is 1.68 bits per heavy atom. The Labute approximate surface area is 161 Å². The molecule has 0 saturated carbocycles. The predicted molar refractivity (Wildman–Crippen MR) is 96.1 cm³/mol. The molecule has 0 saturated heterocycles. The van der Waals surface area contributed by atoms with E-state index in [0.717, 1.165) is 17.0 Å². The number of nitrogens with two attached hydrogens (primary N) is 2. The van der Waals surface area contributed by atoms with Crippen molar-refractivity contribution < 1.29 is 32.6 Å². The zero-order chi connectivity index (χ0) is 21.4. The molecule has 0 bridgehead atoms. The number of halogens is 2. The second-order valence-electron chi connectivity index (χ2n) is 6.20. The van der Waals surface area contributed by atoms with Crippen LogP contribution in [0, 0.1) is 11.6 Å². The molecule has 0 aliphatic rings. The van der Waals surface area contributed by atoms with Gasteiger partial charge < -0.3 is 20.9 Å². The molecule has 0 aliphatic carbocycles. The number of ether oxygens (including phenoxy) is 2. The molecule has 28 heavy (non-hydrogen) atoms. The molecule has 1 rings (SSSR count). The van der Waals surface area contributed by atoms with E-state index in [2.05, 4.69) is 0 Å². The van der Waals surface area contributed by atoms with Gasteiger partial charge >= 0.3 is 0 Å². The molecule has 0 fully saturated rings. The summed E-state index contributed by atoms with van der Waals surface area (Å²) in [4.78, 5) is 38.2. The fraction of sp³-hybridized carbons (Fsp3) is 0.500. The van der Waals surface area contributed by atoms with Crippen molar-refractivity contribution in [2.24, 2.45) is 11.5 Å². The molecule has 0 heterocycles. The first-order valence-corrected chi connectivity index (χ1v) is 8.48. The molecule has 1 aromatic rings. The van der Waals surface area contributed by atoms with Crippen LogP contribution in [0.15, 0.2) is 18.2 Å². The van der Waals surface area contributed by atoms with Gasteiger partial charge in [0.15, 0.2) is 5.78 Å². The number of benzene rings is 1. The normalized spacial score (nSPS) is 14.2. The number of imide groups is 1. The number of carbonyl (C=O) groups excluding carboxylic acids is 3. The van der Waals surface area contributed by atoms with Crippen LogP contribution in [-0.2, 0) is 30.3 Å². The fourth-order valence-electron chi connectivity index (χ4n) is 2.53. The number of ketones is 1. The Kier molecular flexibility index (Phi) is 9.26. The first kappa shape index (κ1) is 23.8. The van der Waals surface area contributed by atoms with Gasteiger partial charge in [-0.15, -0.1) is 0 Å². The number of methoxy groups -OCH3 is 2. The van der Waals surface area contributed by atoms with Gasteiger partial charge in [-0.25, -0.2) is 8.78 Å². The average Bonchev–Trinajstić information content (AvgIpc) is 2.61. The lowest BCUT2D eigenvalue weighted by molar-refractivity contribution is -0.150. The highest BCUT2D eigenvalue weighted by atomic mass is 19.1. The van der Waals surface area contributed by atoms with Gasteiger partial charge in [0.2, 0.25) is 11.8 Å². The summed E-state index contributed by atoms with van der Waals surface area (Å²) in [5.74, 6) is -3.95. The SMILES string of the molecule is COCCN(C(=O)Cc1cc(F)cc(F)c1)C(=O)C(N)C(OC)C(=O)[C@@H](C)N. The Morgan fingerprint density at radius 1 is 1.11 bits per heavy atom. The molecule has 8 nitrogen and oxygen atoms in total. The van der Waals surface area contributed by atoms with Crippen molar-refractivity contribution in [3.05, 3.63) is 35.4 Å². The van der Waals surface area contributed by atoms with E-state index >= 15 is 0 Å². The van der Waals surface area contributed by atoms with Crippen LogP contribution in [0.1, 0.15) is 12.5 Å². The summed E-state index contributed by atoms with van der Waals surface area (Å²) >= 11 is 0. The quantitative estimate of drug-likeness (QED) is 0.555. The minimum atomic E-state index is -1.49. The molecule has 0 aromatic heterocycles. The van der Waals surface area contributed by atoms with E-state index < -0.39 is 53.8 Å². The monoisotopic (exact) mass is 401 g/mol. The van der Waals surface area contributed by atoms with Crippen LogP contribution in [0.5, 0.6) is 0 Å². The molecule has 10 heteroatoms. The third kappa shape index (κ3) is 6.41. The summed E-state index contributed by atoms with van der Waals surface area (Å²) in [6.45, 7) is 1.25. The maximum absolute atomic E-state index is 13.3. The van der Waals surface area contributed by atoms with Crippen LogP contribution in [0.2, 0.25) is 0 Å².